The number of carbonyl (C=O) groups is 1. The number of nitrogens with one attached hydrogen (secondary N) is 1. The second-order valence-electron chi connectivity index (χ2n) is 10.7. The Morgan fingerprint density at radius 2 is 1.75 bits per heavy atom. The van der Waals surface area contributed by atoms with E-state index in [2.05, 4.69) is 35.0 Å². The largest absolute Gasteiger partial charge is 0.378 e. The van der Waals surface area contributed by atoms with E-state index < -0.39 is 9.84 Å². The standard InChI is InChI=1S/C30H37N5O4S/c1-4-40(37,38)26-8-5-22(6-9-26)16-31-29(36)23-7-10-27-24(15-23)19-35(20-28(27)21(2)3)30-32-17-25(18-33-30)34-11-13-39-14-12-34/h5-10,15,17-18,21,28H,4,11-14,16,19-20H2,1-3H3,(H,31,36)/t28-/m0/s1. The van der Waals surface area contributed by atoms with Crippen LogP contribution in [0.2, 0.25) is 0 Å². The summed E-state index contributed by atoms with van der Waals surface area (Å²) in [5.41, 5.74) is 4.81. The number of rotatable bonds is 8. The molecule has 3 heterocycles. The third-order valence-electron chi connectivity index (χ3n) is 7.79. The van der Waals surface area contributed by atoms with E-state index in [9.17, 15) is 13.2 Å². The molecule has 9 nitrogen and oxygen atoms in total. The lowest BCUT2D eigenvalue weighted by Gasteiger charge is -2.37. The predicted octanol–water partition coefficient (Wildman–Crippen LogP) is 3.80. The Hall–Kier alpha value is -3.50. The molecule has 1 saturated heterocycles. The monoisotopic (exact) mass is 563 g/mol. The molecule has 5 rings (SSSR count). The van der Waals surface area contributed by atoms with E-state index in [1.165, 1.54) is 5.56 Å². The minimum atomic E-state index is -3.25. The van der Waals surface area contributed by atoms with Gasteiger partial charge in [0.05, 0.1) is 41.9 Å². The zero-order chi connectivity index (χ0) is 28.3. The molecule has 0 radical (unpaired) electrons. The van der Waals surface area contributed by atoms with Gasteiger partial charge in [-0.2, -0.15) is 0 Å². The molecule has 2 aliphatic heterocycles. The van der Waals surface area contributed by atoms with Crippen LogP contribution in [-0.2, 0) is 27.7 Å². The van der Waals surface area contributed by atoms with Gasteiger partial charge in [-0.1, -0.05) is 39.0 Å². The van der Waals surface area contributed by atoms with Crippen molar-refractivity contribution in [3.8, 4) is 0 Å². The Morgan fingerprint density at radius 1 is 1.05 bits per heavy atom. The summed E-state index contributed by atoms with van der Waals surface area (Å²) in [7, 11) is -3.25. The number of sulfone groups is 1. The molecule has 1 amide bonds. The Morgan fingerprint density at radius 3 is 2.40 bits per heavy atom. The van der Waals surface area contributed by atoms with Crippen molar-refractivity contribution in [2.75, 3.05) is 48.4 Å². The van der Waals surface area contributed by atoms with Crippen LogP contribution in [0, 0.1) is 5.92 Å². The molecular formula is C30H37N5O4S. The van der Waals surface area contributed by atoms with Crippen LogP contribution < -0.4 is 15.1 Å². The second kappa shape index (κ2) is 11.9. The van der Waals surface area contributed by atoms with Crippen LogP contribution in [0.25, 0.3) is 0 Å². The van der Waals surface area contributed by atoms with Crippen molar-refractivity contribution in [3.63, 3.8) is 0 Å². The quantitative estimate of drug-likeness (QED) is 0.442. The highest BCUT2D eigenvalue weighted by molar-refractivity contribution is 7.91. The molecular weight excluding hydrogens is 526 g/mol. The van der Waals surface area contributed by atoms with Crippen LogP contribution in [0.15, 0.2) is 59.8 Å². The van der Waals surface area contributed by atoms with Gasteiger partial charge in [0, 0.05) is 44.2 Å². The number of anilines is 2. The van der Waals surface area contributed by atoms with Gasteiger partial charge >= 0.3 is 0 Å². The summed E-state index contributed by atoms with van der Waals surface area (Å²) < 4.78 is 29.6. The third-order valence-corrected chi connectivity index (χ3v) is 9.54. The molecule has 2 aromatic carbocycles. The fraction of sp³-hybridized carbons (Fsp3) is 0.433. The second-order valence-corrected chi connectivity index (χ2v) is 13.0. The summed E-state index contributed by atoms with van der Waals surface area (Å²) in [6, 6.07) is 12.6. The fourth-order valence-electron chi connectivity index (χ4n) is 5.30. The zero-order valence-corrected chi connectivity index (χ0v) is 24.2. The normalized spacial score (nSPS) is 17.6. The number of fused-ring (bicyclic) bond motifs is 1. The van der Waals surface area contributed by atoms with E-state index in [1.54, 1.807) is 31.2 Å². The Kier molecular flexibility index (Phi) is 8.37. The SMILES string of the molecule is CCS(=O)(=O)c1ccc(CNC(=O)c2ccc3c(c2)CN(c2ncc(N4CCOCC4)cn2)C[C@H]3C(C)C)cc1. The minimum Gasteiger partial charge on any atom is -0.378 e. The van der Waals surface area contributed by atoms with Crippen LogP contribution in [-0.4, -0.2) is 62.9 Å². The lowest BCUT2D eigenvalue weighted by Crippen LogP contribution is -2.38. The average Bonchev–Trinajstić information content (AvgIpc) is 2.99. The lowest BCUT2D eigenvalue weighted by molar-refractivity contribution is 0.0950. The molecule has 40 heavy (non-hydrogen) atoms. The predicted molar refractivity (Wildman–Crippen MR) is 155 cm³/mol. The van der Waals surface area contributed by atoms with Crippen LogP contribution in [0.4, 0.5) is 11.6 Å². The van der Waals surface area contributed by atoms with E-state index >= 15 is 0 Å². The number of hydrogen-bond donors (Lipinski definition) is 1. The van der Waals surface area contributed by atoms with Crippen molar-refractivity contribution >= 4 is 27.4 Å². The maximum absolute atomic E-state index is 13.1. The Labute approximate surface area is 236 Å². The number of ether oxygens (including phenoxy) is 1. The van der Waals surface area contributed by atoms with Crippen LogP contribution >= 0.6 is 0 Å². The van der Waals surface area contributed by atoms with Crippen molar-refractivity contribution in [3.05, 3.63) is 77.1 Å². The molecule has 212 valence electrons. The third kappa shape index (κ3) is 6.13. The van der Waals surface area contributed by atoms with Crippen LogP contribution in [0.5, 0.6) is 0 Å². The maximum atomic E-state index is 13.1. The average molecular weight is 564 g/mol. The number of benzene rings is 2. The van der Waals surface area contributed by atoms with Gasteiger partial charge in [0.1, 0.15) is 0 Å². The van der Waals surface area contributed by atoms with E-state index in [0.29, 0.717) is 54.5 Å². The molecule has 0 unspecified atom stereocenters. The molecule has 0 saturated carbocycles. The molecule has 3 aromatic rings. The van der Waals surface area contributed by atoms with E-state index in [0.717, 1.165) is 36.4 Å². The number of aromatic nitrogens is 2. The summed E-state index contributed by atoms with van der Waals surface area (Å²) in [5.74, 6) is 1.28. The Balaban J connectivity index is 1.29. The van der Waals surface area contributed by atoms with Crippen LogP contribution in [0.3, 0.4) is 0 Å². The van der Waals surface area contributed by atoms with Crippen LogP contribution in [0.1, 0.15) is 53.7 Å². The number of hydrogen-bond acceptors (Lipinski definition) is 8. The first kappa shape index (κ1) is 28.0. The molecule has 1 fully saturated rings. The highest BCUT2D eigenvalue weighted by Gasteiger charge is 2.29. The minimum absolute atomic E-state index is 0.0579. The van der Waals surface area contributed by atoms with Gasteiger partial charge in [0.25, 0.3) is 5.91 Å². The maximum Gasteiger partial charge on any atom is 0.251 e. The first-order valence-corrected chi connectivity index (χ1v) is 15.5. The smallest absolute Gasteiger partial charge is 0.251 e. The van der Waals surface area contributed by atoms with Gasteiger partial charge < -0.3 is 19.9 Å². The lowest BCUT2D eigenvalue weighted by atomic mass is 9.82. The van der Waals surface area contributed by atoms with Crippen molar-refractivity contribution < 1.29 is 17.9 Å². The van der Waals surface area contributed by atoms with Crippen molar-refractivity contribution in [1.29, 1.82) is 0 Å². The van der Waals surface area contributed by atoms with Gasteiger partial charge in [0.2, 0.25) is 5.95 Å². The highest BCUT2D eigenvalue weighted by atomic mass is 32.2. The molecule has 1 aromatic heterocycles. The van der Waals surface area contributed by atoms with E-state index in [1.807, 2.05) is 24.5 Å². The van der Waals surface area contributed by atoms with Gasteiger partial charge in [0.15, 0.2) is 9.84 Å². The molecule has 1 N–H and O–H groups in total. The molecule has 0 bridgehead atoms. The highest BCUT2D eigenvalue weighted by Crippen LogP contribution is 2.35. The van der Waals surface area contributed by atoms with Gasteiger partial charge in [-0.3, -0.25) is 4.79 Å². The van der Waals surface area contributed by atoms with Gasteiger partial charge in [-0.25, -0.2) is 18.4 Å². The van der Waals surface area contributed by atoms with Crippen molar-refractivity contribution in [2.24, 2.45) is 5.92 Å². The van der Waals surface area contributed by atoms with Gasteiger partial charge in [-0.15, -0.1) is 0 Å². The molecule has 10 heteroatoms. The van der Waals surface area contributed by atoms with E-state index in [4.69, 9.17) is 14.7 Å². The van der Waals surface area contributed by atoms with Crippen molar-refractivity contribution in [1.82, 2.24) is 15.3 Å². The molecule has 1 atom stereocenters. The summed E-state index contributed by atoms with van der Waals surface area (Å²) in [4.78, 5) is 27.2. The summed E-state index contributed by atoms with van der Waals surface area (Å²) in [6.07, 6.45) is 3.78. The van der Waals surface area contributed by atoms with Crippen molar-refractivity contribution in [2.45, 2.75) is 44.7 Å². The van der Waals surface area contributed by atoms with Gasteiger partial charge in [-0.05, 0) is 46.9 Å². The summed E-state index contributed by atoms with van der Waals surface area (Å²) in [6.45, 7) is 10.9. The molecule has 2 aliphatic rings. The topological polar surface area (TPSA) is 105 Å². The molecule has 0 spiro atoms. The number of carbonyl (C=O) groups excluding carboxylic acids is 1. The first-order chi connectivity index (χ1) is 19.2. The summed E-state index contributed by atoms with van der Waals surface area (Å²) >= 11 is 0. The summed E-state index contributed by atoms with van der Waals surface area (Å²) in [5, 5.41) is 2.97. The number of morpholine rings is 1. The zero-order valence-electron chi connectivity index (χ0n) is 23.3. The number of nitrogens with zero attached hydrogens (tertiary/aromatic N) is 4. The Bertz CT molecular complexity index is 1440. The molecule has 0 aliphatic carbocycles. The van der Waals surface area contributed by atoms with E-state index in [-0.39, 0.29) is 11.7 Å². The fourth-order valence-corrected chi connectivity index (χ4v) is 6.19. The first-order valence-electron chi connectivity index (χ1n) is 13.9. The number of amides is 1.